The number of hydrogen-bond donors (Lipinski definition) is 1. The van der Waals surface area contributed by atoms with E-state index in [0.717, 1.165) is 12.8 Å². The van der Waals surface area contributed by atoms with Gasteiger partial charge in [-0.25, -0.2) is 4.98 Å². The summed E-state index contributed by atoms with van der Waals surface area (Å²) in [6.07, 6.45) is 4.92. The van der Waals surface area contributed by atoms with Gasteiger partial charge in [0.05, 0.1) is 0 Å². The van der Waals surface area contributed by atoms with Gasteiger partial charge in [0, 0.05) is 38.1 Å². The van der Waals surface area contributed by atoms with E-state index in [4.69, 9.17) is 4.74 Å². The van der Waals surface area contributed by atoms with Crippen molar-refractivity contribution in [2.24, 2.45) is 0 Å². The van der Waals surface area contributed by atoms with Crippen LogP contribution in [0.15, 0.2) is 47.5 Å². The molecule has 7 nitrogen and oxygen atoms in total. The first kappa shape index (κ1) is 18.0. The normalized spacial score (nSPS) is 14.9. The lowest BCUT2D eigenvalue weighted by molar-refractivity contribution is -0.123. The Morgan fingerprint density at radius 3 is 2.69 bits per heavy atom. The van der Waals surface area contributed by atoms with Crippen molar-refractivity contribution in [3.63, 3.8) is 0 Å². The van der Waals surface area contributed by atoms with Crippen molar-refractivity contribution in [3.8, 4) is 5.75 Å². The van der Waals surface area contributed by atoms with E-state index in [1.165, 1.54) is 0 Å². The molecule has 3 rings (SSSR count). The summed E-state index contributed by atoms with van der Waals surface area (Å²) in [6, 6.07) is 9.37. The fourth-order valence-corrected chi connectivity index (χ4v) is 3.07. The van der Waals surface area contributed by atoms with Crippen LogP contribution in [0.25, 0.3) is 0 Å². The monoisotopic (exact) mass is 356 g/mol. The second-order valence-electron chi connectivity index (χ2n) is 6.27. The second kappa shape index (κ2) is 8.51. The predicted octanol–water partition coefficient (Wildman–Crippen LogP) is 1.43. The zero-order chi connectivity index (χ0) is 18.4. The molecule has 7 heteroatoms. The zero-order valence-electron chi connectivity index (χ0n) is 14.9. The molecule has 1 amide bonds. The minimum atomic E-state index is -0.126. The summed E-state index contributed by atoms with van der Waals surface area (Å²) in [4.78, 5) is 30.7. The third-order valence-electron chi connectivity index (χ3n) is 4.51. The van der Waals surface area contributed by atoms with Crippen molar-refractivity contribution < 1.29 is 9.53 Å². The highest BCUT2D eigenvalue weighted by Gasteiger charge is 2.23. The number of anilines is 1. The number of carbonyl (C=O) groups excluding carboxylic acids is 1. The molecule has 1 N–H and O–H groups in total. The number of nitrogens with zero attached hydrogens (tertiary/aromatic N) is 3. The first-order valence-corrected chi connectivity index (χ1v) is 8.95. The molecule has 0 aliphatic carbocycles. The van der Waals surface area contributed by atoms with E-state index >= 15 is 0 Å². The molecule has 0 saturated carbocycles. The van der Waals surface area contributed by atoms with E-state index < -0.39 is 0 Å². The number of rotatable bonds is 6. The Balaban J connectivity index is 1.48. The number of ether oxygens (including phenoxy) is 1. The summed E-state index contributed by atoms with van der Waals surface area (Å²) < 4.78 is 7.11. The Kier molecular flexibility index (Phi) is 5.88. The highest BCUT2D eigenvalue weighted by Crippen LogP contribution is 2.15. The van der Waals surface area contributed by atoms with Gasteiger partial charge in [-0.1, -0.05) is 18.2 Å². The van der Waals surface area contributed by atoms with Gasteiger partial charge in [-0.15, -0.1) is 0 Å². The first-order chi connectivity index (χ1) is 12.7. The number of carbonyl (C=O) groups is 1. The van der Waals surface area contributed by atoms with Crippen molar-refractivity contribution in [2.75, 3.05) is 24.6 Å². The molecule has 0 bridgehead atoms. The lowest BCUT2D eigenvalue weighted by Crippen LogP contribution is -2.47. The molecule has 0 atom stereocenters. The Bertz CT molecular complexity index is 783. The number of nitrogens with one attached hydrogen (secondary N) is 1. The van der Waals surface area contributed by atoms with Gasteiger partial charge in [0.1, 0.15) is 5.75 Å². The van der Waals surface area contributed by atoms with Crippen molar-refractivity contribution >= 4 is 11.7 Å². The summed E-state index contributed by atoms with van der Waals surface area (Å²) in [5.74, 6) is 1.05. The van der Waals surface area contributed by atoms with Crippen LogP contribution in [0.1, 0.15) is 19.8 Å². The lowest BCUT2D eigenvalue weighted by atomic mass is 10.1. The highest BCUT2D eigenvalue weighted by molar-refractivity contribution is 5.77. The van der Waals surface area contributed by atoms with Crippen molar-refractivity contribution in [1.29, 1.82) is 0 Å². The summed E-state index contributed by atoms with van der Waals surface area (Å²) >= 11 is 0. The number of aromatic nitrogens is 2. The predicted molar refractivity (Wildman–Crippen MR) is 99.5 cm³/mol. The fraction of sp³-hybridized carbons (Fsp3) is 0.421. The maximum atomic E-state index is 12.4. The second-order valence-corrected chi connectivity index (χ2v) is 6.27. The van der Waals surface area contributed by atoms with Crippen LogP contribution in [0, 0.1) is 0 Å². The number of hydrogen-bond acceptors (Lipinski definition) is 5. The highest BCUT2D eigenvalue weighted by atomic mass is 16.5. The van der Waals surface area contributed by atoms with Gasteiger partial charge < -0.3 is 19.5 Å². The molecule has 1 fully saturated rings. The van der Waals surface area contributed by atoms with Crippen LogP contribution in [-0.2, 0) is 11.3 Å². The molecule has 1 aliphatic rings. The van der Waals surface area contributed by atoms with Gasteiger partial charge in [-0.2, -0.15) is 0 Å². The molecule has 1 aromatic heterocycles. The summed E-state index contributed by atoms with van der Waals surface area (Å²) in [5.41, 5.74) is -0.0613. The zero-order valence-corrected chi connectivity index (χ0v) is 14.9. The maximum Gasteiger partial charge on any atom is 0.293 e. The molecule has 138 valence electrons. The molecular weight excluding hydrogens is 332 g/mol. The summed E-state index contributed by atoms with van der Waals surface area (Å²) in [6.45, 7) is 3.96. The number of benzene rings is 1. The lowest BCUT2D eigenvalue weighted by Gasteiger charge is -2.32. The molecule has 26 heavy (non-hydrogen) atoms. The maximum absolute atomic E-state index is 12.4. The van der Waals surface area contributed by atoms with Gasteiger partial charge in [-0.05, 0) is 31.9 Å². The van der Waals surface area contributed by atoms with Crippen LogP contribution < -0.4 is 20.5 Å². The van der Waals surface area contributed by atoms with E-state index in [0.29, 0.717) is 31.2 Å². The first-order valence-electron chi connectivity index (χ1n) is 8.95. The van der Waals surface area contributed by atoms with E-state index in [9.17, 15) is 9.59 Å². The third kappa shape index (κ3) is 4.41. The number of para-hydroxylation sites is 1. The topological polar surface area (TPSA) is 76.5 Å². The standard InChI is InChI=1S/C19H24N4O3/c1-2-22-13-10-20-18(19(22)25)23-11-8-15(9-12-23)21-17(24)14-26-16-6-4-3-5-7-16/h3-7,10,13,15H,2,8-9,11-12,14H2,1H3,(H,21,24). The molecule has 0 spiro atoms. The minimum Gasteiger partial charge on any atom is -0.484 e. The Morgan fingerprint density at radius 1 is 1.27 bits per heavy atom. The molecular formula is C19H24N4O3. The van der Waals surface area contributed by atoms with Crippen molar-refractivity contribution in [2.45, 2.75) is 32.4 Å². The largest absolute Gasteiger partial charge is 0.484 e. The average molecular weight is 356 g/mol. The molecule has 0 radical (unpaired) electrons. The van der Waals surface area contributed by atoms with Crippen LogP contribution >= 0.6 is 0 Å². The average Bonchev–Trinajstić information content (AvgIpc) is 2.68. The molecule has 1 saturated heterocycles. The van der Waals surface area contributed by atoms with Crippen LogP contribution in [0.2, 0.25) is 0 Å². The van der Waals surface area contributed by atoms with E-state index in [-0.39, 0.29) is 24.1 Å². The van der Waals surface area contributed by atoms with Crippen LogP contribution in [0.3, 0.4) is 0 Å². The minimum absolute atomic E-state index is 0.00563. The summed E-state index contributed by atoms with van der Waals surface area (Å²) in [7, 11) is 0. The fourth-order valence-electron chi connectivity index (χ4n) is 3.07. The Hall–Kier alpha value is -2.83. The van der Waals surface area contributed by atoms with Crippen LogP contribution in [0.4, 0.5) is 5.82 Å². The van der Waals surface area contributed by atoms with E-state index in [1.54, 1.807) is 17.0 Å². The van der Waals surface area contributed by atoms with Gasteiger partial charge in [-0.3, -0.25) is 9.59 Å². The molecule has 2 heterocycles. The van der Waals surface area contributed by atoms with E-state index in [2.05, 4.69) is 10.3 Å². The van der Waals surface area contributed by atoms with E-state index in [1.807, 2.05) is 42.2 Å². The number of amides is 1. The molecule has 1 aliphatic heterocycles. The van der Waals surface area contributed by atoms with Crippen molar-refractivity contribution in [1.82, 2.24) is 14.9 Å². The number of aryl methyl sites for hydroxylation is 1. The van der Waals surface area contributed by atoms with Crippen LogP contribution in [0.5, 0.6) is 5.75 Å². The van der Waals surface area contributed by atoms with Gasteiger partial charge in [0.2, 0.25) is 0 Å². The Morgan fingerprint density at radius 2 is 2.00 bits per heavy atom. The molecule has 0 unspecified atom stereocenters. The molecule has 2 aromatic rings. The van der Waals surface area contributed by atoms with Crippen molar-refractivity contribution in [3.05, 3.63) is 53.1 Å². The van der Waals surface area contributed by atoms with Gasteiger partial charge in [0.15, 0.2) is 12.4 Å². The third-order valence-corrected chi connectivity index (χ3v) is 4.51. The van der Waals surface area contributed by atoms with Crippen LogP contribution in [-0.4, -0.2) is 41.2 Å². The smallest absolute Gasteiger partial charge is 0.293 e. The SMILES string of the molecule is CCn1ccnc(N2CCC(NC(=O)COc3ccccc3)CC2)c1=O. The summed E-state index contributed by atoms with van der Waals surface area (Å²) in [5, 5.41) is 3.00. The quantitative estimate of drug-likeness (QED) is 0.847. The van der Waals surface area contributed by atoms with Gasteiger partial charge in [0.25, 0.3) is 11.5 Å². The van der Waals surface area contributed by atoms with Gasteiger partial charge >= 0.3 is 0 Å². The number of piperidine rings is 1. The molecule has 1 aromatic carbocycles. The Labute approximate surface area is 152 Å².